The number of benzene rings is 1. The normalized spacial score (nSPS) is 10.8. The first-order valence-corrected chi connectivity index (χ1v) is 5.04. The molecule has 0 heterocycles. The second-order valence-corrected chi connectivity index (χ2v) is 3.46. The van der Waals surface area contributed by atoms with Gasteiger partial charge in [0.2, 0.25) is 5.91 Å². The Balaban J connectivity index is 2.92. The van der Waals surface area contributed by atoms with E-state index in [4.69, 9.17) is 10.5 Å². The summed E-state index contributed by atoms with van der Waals surface area (Å²) in [5.41, 5.74) is 1.25. The summed E-state index contributed by atoms with van der Waals surface area (Å²) in [7, 11) is 1.56. The van der Waals surface area contributed by atoms with E-state index in [-0.39, 0.29) is 5.91 Å². The van der Waals surface area contributed by atoms with Crippen molar-refractivity contribution in [2.24, 2.45) is 0 Å². The first-order valence-electron chi connectivity index (χ1n) is 5.04. The van der Waals surface area contributed by atoms with Crippen molar-refractivity contribution >= 4 is 11.6 Å². The van der Waals surface area contributed by atoms with Gasteiger partial charge in [0.05, 0.1) is 11.1 Å². The molecule has 0 aliphatic rings. The zero-order valence-corrected chi connectivity index (χ0v) is 9.61. The van der Waals surface area contributed by atoms with Crippen molar-refractivity contribution in [1.82, 2.24) is 5.32 Å². The SMILES string of the molecule is CNC(=O)C(C)Nc1ccc(C#N)c(C#N)c1. The molecule has 0 aromatic heterocycles. The van der Waals surface area contributed by atoms with Crippen LogP contribution in [0.2, 0.25) is 0 Å². The number of amides is 1. The highest BCUT2D eigenvalue weighted by molar-refractivity contribution is 5.84. The van der Waals surface area contributed by atoms with Crippen LogP contribution < -0.4 is 10.6 Å². The van der Waals surface area contributed by atoms with E-state index in [0.717, 1.165) is 0 Å². The molecular formula is C12H12N4O. The third-order valence-electron chi connectivity index (χ3n) is 2.28. The molecule has 0 saturated heterocycles. The van der Waals surface area contributed by atoms with Gasteiger partial charge in [-0.3, -0.25) is 4.79 Å². The average molecular weight is 228 g/mol. The van der Waals surface area contributed by atoms with Gasteiger partial charge in [0.25, 0.3) is 0 Å². The van der Waals surface area contributed by atoms with Gasteiger partial charge in [0.1, 0.15) is 18.2 Å². The molecule has 2 N–H and O–H groups in total. The van der Waals surface area contributed by atoms with Crippen molar-refractivity contribution in [1.29, 1.82) is 10.5 Å². The van der Waals surface area contributed by atoms with E-state index < -0.39 is 6.04 Å². The largest absolute Gasteiger partial charge is 0.374 e. The Bertz CT molecular complexity index is 510. The Kier molecular flexibility index (Phi) is 4.08. The molecule has 5 nitrogen and oxygen atoms in total. The number of nitrogens with one attached hydrogen (secondary N) is 2. The summed E-state index contributed by atoms with van der Waals surface area (Å²) in [6.45, 7) is 1.71. The van der Waals surface area contributed by atoms with E-state index in [1.807, 2.05) is 12.1 Å². The Morgan fingerprint density at radius 3 is 2.47 bits per heavy atom. The zero-order chi connectivity index (χ0) is 12.8. The molecule has 0 fully saturated rings. The molecule has 0 spiro atoms. The van der Waals surface area contributed by atoms with Gasteiger partial charge < -0.3 is 10.6 Å². The van der Waals surface area contributed by atoms with E-state index in [1.54, 1.807) is 32.2 Å². The number of rotatable bonds is 3. The van der Waals surface area contributed by atoms with Crippen LogP contribution in [0.4, 0.5) is 5.69 Å². The van der Waals surface area contributed by atoms with Crippen molar-refractivity contribution in [3.05, 3.63) is 29.3 Å². The molecule has 1 amide bonds. The molecule has 0 bridgehead atoms. The molecule has 86 valence electrons. The van der Waals surface area contributed by atoms with E-state index >= 15 is 0 Å². The van der Waals surface area contributed by atoms with Gasteiger partial charge in [-0.2, -0.15) is 10.5 Å². The molecule has 17 heavy (non-hydrogen) atoms. The summed E-state index contributed by atoms with van der Waals surface area (Å²) >= 11 is 0. The Labute approximate surface area is 99.7 Å². The van der Waals surface area contributed by atoms with Crippen LogP contribution in [0.15, 0.2) is 18.2 Å². The van der Waals surface area contributed by atoms with Crippen molar-refractivity contribution in [2.45, 2.75) is 13.0 Å². The fraction of sp³-hybridized carbons (Fsp3) is 0.250. The first-order chi connectivity index (χ1) is 8.12. The number of likely N-dealkylation sites (N-methyl/N-ethyl adjacent to an activating group) is 1. The van der Waals surface area contributed by atoms with Gasteiger partial charge in [-0.25, -0.2) is 0 Å². The summed E-state index contributed by atoms with van der Waals surface area (Å²) in [5, 5.41) is 23.1. The smallest absolute Gasteiger partial charge is 0.241 e. The third kappa shape index (κ3) is 2.96. The predicted molar refractivity (Wildman–Crippen MR) is 63.0 cm³/mol. The summed E-state index contributed by atoms with van der Waals surface area (Å²) < 4.78 is 0. The first kappa shape index (κ1) is 12.5. The lowest BCUT2D eigenvalue weighted by Crippen LogP contribution is -2.35. The van der Waals surface area contributed by atoms with Crippen LogP contribution in [0.3, 0.4) is 0 Å². The quantitative estimate of drug-likeness (QED) is 0.807. The lowest BCUT2D eigenvalue weighted by atomic mass is 10.1. The molecule has 0 aliphatic carbocycles. The van der Waals surface area contributed by atoms with Crippen molar-refractivity contribution in [3.63, 3.8) is 0 Å². The lowest BCUT2D eigenvalue weighted by Gasteiger charge is -2.13. The van der Waals surface area contributed by atoms with Crippen LogP contribution in [-0.2, 0) is 4.79 Å². The maximum absolute atomic E-state index is 11.3. The van der Waals surface area contributed by atoms with E-state index in [1.165, 1.54) is 0 Å². The van der Waals surface area contributed by atoms with Crippen LogP contribution in [0.25, 0.3) is 0 Å². The van der Waals surface area contributed by atoms with Gasteiger partial charge in [-0.05, 0) is 25.1 Å². The number of nitrogens with zero attached hydrogens (tertiary/aromatic N) is 2. The molecular weight excluding hydrogens is 216 g/mol. The minimum Gasteiger partial charge on any atom is -0.374 e. The highest BCUT2D eigenvalue weighted by atomic mass is 16.2. The van der Waals surface area contributed by atoms with Crippen LogP contribution >= 0.6 is 0 Å². The Morgan fingerprint density at radius 2 is 1.94 bits per heavy atom. The minimum absolute atomic E-state index is 0.145. The standard InChI is InChI=1S/C12H12N4O/c1-8(12(17)15-2)16-11-4-3-9(6-13)10(5-11)7-14/h3-5,8,16H,1-2H3,(H,15,17). The maximum atomic E-state index is 11.3. The maximum Gasteiger partial charge on any atom is 0.241 e. The number of nitriles is 2. The minimum atomic E-state index is -0.403. The fourth-order valence-electron chi connectivity index (χ4n) is 1.36. The molecule has 0 aliphatic heterocycles. The number of hydrogen-bond donors (Lipinski definition) is 2. The number of hydrogen-bond acceptors (Lipinski definition) is 4. The van der Waals surface area contributed by atoms with E-state index in [9.17, 15) is 4.79 Å². The van der Waals surface area contributed by atoms with Gasteiger partial charge >= 0.3 is 0 Å². The second kappa shape index (κ2) is 5.53. The number of carbonyl (C=O) groups is 1. The third-order valence-corrected chi connectivity index (χ3v) is 2.28. The zero-order valence-electron chi connectivity index (χ0n) is 9.61. The summed E-state index contributed by atoms with van der Waals surface area (Å²) in [6, 6.07) is 8.24. The van der Waals surface area contributed by atoms with E-state index in [0.29, 0.717) is 16.8 Å². The average Bonchev–Trinajstić information content (AvgIpc) is 2.37. The van der Waals surface area contributed by atoms with Gasteiger partial charge in [-0.1, -0.05) is 0 Å². The molecule has 1 aromatic rings. The molecule has 0 radical (unpaired) electrons. The molecule has 1 aromatic carbocycles. The molecule has 1 rings (SSSR count). The van der Waals surface area contributed by atoms with Gasteiger partial charge in [0, 0.05) is 12.7 Å². The van der Waals surface area contributed by atoms with Crippen LogP contribution in [0.5, 0.6) is 0 Å². The van der Waals surface area contributed by atoms with E-state index in [2.05, 4.69) is 10.6 Å². The van der Waals surface area contributed by atoms with Crippen molar-refractivity contribution in [3.8, 4) is 12.1 Å². The number of carbonyl (C=O) groups excluding carboxylic acids is 1. The fourth-order valence-corrected chi connectivity index (χ4v) is 1.36. The van der Waals surface area contributed by atoms with Crippen molar-refractivity contribution in [2.75, 3.05) is 12.4 Å². The second-order valence-electron chi connectivity index (χ2n) is 3.46. The molecule has 0 saturated carbocycles. The number of anilines is 1. The monoisotopic (exact) mass is 228 g/mol. The van der Waals surface area contributed by atoms with Gasteiger partial charge in [0.15, 0.2) is 0 Å². The highest BCUT2D eigenvalue weighted by Crippen LogP contribution is 2.15. The molecule has 5 heteroatoms. The van der Waals surface area contributed by atoms with Gasteiger partial charge in [-0.15, -0.1) is 0 Å². The highest BCUT2D eigenvalue weighted by Gasteiger charge is 2.11. The molecule has 1 atom stereocenters. The molecule has 1 unspecified atom stereocenters. The summed E-state index contributed by atoms with van der Waals surface area (Å²) in [5.74, 6) is -0.145. The van der Waals surface area contributed by atoms with Crippen LogP contribution in [-0.4, -0.2) is 19.0 Å². The van der Waals surface area contributed by atoms with Crippen LogP contribution in [0.1, 0.15) is 18.1 Å². The lowest BCUT2D eigenvalue weighted by molar-refractivity contribution is -0.121. The Hall–Kier alpha value is -2.53. The van der Waals surface area contributed by atoms with Crippen LogP contribution in [0, 0.1) is 22.7 Å². The predicted octanol–water partition coefficient (Wildman–Crippen LogP) is 0.976. The van der Waals surface area contributed by atoms with Crippen molar-refractivity contribution < 1.29 is 4.79 Å². The summed E-state index contributed by atoms with van der Waals surface area (Å²) in [4.78, 5) is 11.3. The summed E-state index contributed by atoms with van der Waals surface area (Å²) in [6.07, 6.45) is 0. The topological polar surface area (TPSA) is 88.7 Å². The Morgan fingerprint density at radius 1 is 1.29 bits per heavy atom.